The molecule has 2 aromatic carbocycles. The molecule has 4 heteroatoms. The highest BCUT2D eigenvalue weighted by Gasteiger charge is 2.29. The third-order valence-electron chi connectivity index (χ3n) is 8.70. The van der Waals surface area contributed by atoms with Gasteiger partial charge in [-0.2, -0.15) is 0 Å². The topological polar surface area (TPSA) is 58.9 Å². The standard InChI is InChI=1S/C39H64O4/c1-9-13-17-21-31-25-35(26-32(22-18-14-10-2)37(31)42-29(5)40)39(7,8)36-27-33(23-19-15-11-3)38(43-30(6)41)34(28-36)24-20-16-12-4/h25-30,40-41H,9-24H2,1-8H3. The van der Waals surface area contributed by atoms with Crippen molar-refractivity contribution in [3.05, 3.63) is 57.6 Å². The van der Waals surface area contributed by atoms with E-state index in [-0.39, 0.29) is 5.41 Å². The first-order valence-corrected chi connectivity index (χ1v) is 17.6. The number of ether oxygens (including phenoxy) is 2. The Hall–Kier alpha value is -2.04. The van der Waals surface area contributed by atoms with Gasteiger partial charge in [-0.05, 0) is 98.6 Å². The molecule has 43 heavy (non-hydrogen) atoms. The molecule has 2 atom stereocenters. The molecule has 2 aromatic rings. The molecule has 2 unspecified atom stereocenters. The minimum atomic E-state index is -0.841. The van der Waals surface area contributed by atoms with Crippen molar-refractivity contribution in [1.29, 1.82) is 0 Å². The van der Waals surface area contributed by atoms with Crippen LogP contribution in [0.5, 0.6) is 11.5 Å². The summed E-state index contributed by atoms with van der Waals surface area (Å²) in [5.74, 6) is 1.78. The molecule has 0 amide bonds. The van der Waals surface area contributed by atoms with Gasteiger partial charge in [-0.3, -0.25) is 0 Å². The quantitative estimate of drug-likeness (QED) is 0.105. The summed E-state index contributed by atoms with van der Waals surface area (Å²) in [6.45, 7) is 17.1. The lowest BCUT2D eigenvalue weighted by atomic mass is 9.75. The fourth-order valence-corrected chi connectivity index (χ4v) is 6.05. The third kappa shape index (κ3) is 11.8. The number of unbranched alkanes of at least 4 members (excludes halogenated alkanes) is 8. The summed E-state index contributed by atoms with van der Waals surface area (Å²) >= 11 is 0. The second-order valence-corrected chi connectivity index (χ2v) is 13.1. The number of hydrogen-bond acceptors (Lipinski definition) is 4. The van der Waals surface area contributed by atoms with E-state index in [2.05, 4.69) is 65.8 Å². The van der Waals surface area contributed by atoms with Crippen LogP contribution in [0.15, 0.2) is 24.3 Å². The molecule has 0 radical (unpaired) electrons. The average Bonchev–Trinajstić information content (AvgIpc) is 2.95. The smallest absolute Gasteiger partial charge is 0.194 e. The Morgan fingerprint density at radius 2 is 0.767 bits per heavy atom. The van der Waals surface area contributed by atoms with Gasteiger partial charge in [-0.15, -0.1) is 0 Å². The molecule has 2 N–H and O–H groups in total. The van der Waals surface area contributed by atoms with Crippen molar-refractivity contribution < 1.29 is 19.7 Å². The van der Waals surface area contributed by atoms with Gasteiger partial charge in [0.15, 0.2) is 12.6 Å². The highest BCUT2D eigenvalue weighted by atomic mass is 16.6. The Bertz CT molecular complexity index is 923. The van der Waals surface area contributed by atoms with Gasteiger partial charge < -0.3 is 19.7 Å². The summed E-state index contributed by atoms with van der Waals surface area (Å²) in [5.41, 5.74) is 7.21. The monoisotopic (exact) mass is 596 g/mol. The molecule has 244 valence electrons. The van der Waals surface area contributed by atoms with Crippen LogP contribution in [-0.2, 0) is 31.1 Å². The minimum Gasteiger partial charge on any atom is -0.465 e. The van der Waals surface area contributed by atoms with Gasteiger partial charge in [0, 0.05) is 5.41 Å². The van der Waals surface area contributed by atoms with Crippen LogP contribution in [0.2, 0.25) is 0 Å². The summed E-state index contributed by atoms with van der Waals surface area (Å²) in [6.07, 6.45) is 16.0. The second-order valence-electron chi connectivity index (χ2n) is 13.1. The van der Waals surface area contributed by atoms with E-state index in [0.717, 1.165) is 62.9 Å². The lowest BCUT2D eigenvalue weighted by molar-refractivity contribution is -0.00229. The van der Waals surface area contributed by atoms with Gasteiger partial charge >= 0.3 is 0 Å². The summed E-state index contributed by atoms with van der Waals surface area (Å²) in [7, 11) is 0. The number of aliphatic hydroxyl groups excluding tert-OH is 2. The van der Waals surface area contributed by atoms with Crippen molar-refractivity contribution in [3.8, 4) is 11.5 Å². The lowest BCUT2D eigenvalue weighted by Gasteiger charge is -2.31. The zero-order valence-electron chi connectivity index (χ0n) is 29.0. The Kier molecular flexibility index (Phi) is 16.7. The van der Waals surface area contributed by atoms with Gasteiger partial charge in [0.25, 0.3) is 0 Å². The van der Waals surface area contributed by atoms with Crippen molar-refractivity contribution >= 4 is 0 Å². The molecule has 0 saturated carbocycles. The number of aliphatic hydroxyl groups is 2. The largest absolute Gasteiger partial charge is 0.465 e. The van der Waals surface area contributed by atoms with Gasteiger partial charge in [0.2, 0.25) is 0 Å². The number of benzene rings is 2. The fourth-order valence-electron chi connectivity index (χ4n) is 6.05. The van der Waals surface area contributed by atoms with E-state index in [1.165, 1.54) is 84.7 Å². The maximum Gasteiger partial charge on any atom is 0.194 e. The van der Waals surface area contributed by atoms with E-state index in [9.17, 15) is 10.2 Å². The molecule has 0 fully saturated rings. The number of hydrogen-bond donors (Lipinski definition) is 2. The highest BCUT2D eigenvalue weighted by molar-refractivity contribution is 5.53. The van der Waals surface area contributed by atoms with Crippen LogP contribution in [0.4, 0.5) is 0 Å². The lowest BCUT2D eigenvalue weighted by Crippen LogP contribution is -2.22. The molecule has 0 saturated heterocycles. The molecule has 4 nitrogen and oxygen atoms in total. The fraction of sp³-hybridized carbons (Fsp3) is 0.692. The van der Waals surface area contributed by atoms with Gasteiger partial charge in [0.1, 0.15) is 11.5 Å². The predicted octanol–water partition coefficient (Wildman–Crippen LogP) is 10.4. The van der Waals surface area contributed by atoms with E-state index >= 15 is 0 Å². The van der Waals surface area contributed by atoms with Crippen molar-refractivity contribution in [1.82, 2.24) is 0 Å². The van der Waals surface area contributed by atoms with Gasteiger partial charge in [-0.1, -0.05) is 117 Å². The van der Waals surface area contributed by atoms with E-state index < -0.39 is 12.6 Å². The first kappa shape index (κ1) is 37.1. The SMILES string of the molecule is CCCCCc1cc(C(C)(C)c2cc(CCCCC)c(OC(C)O)c(CCCCC)c2)cc(CCCCC)c1OC(C)O. The second kappa shape index (κ2) is 19.4. The molecule has 0 aliphatic heterocycles. The molecule has 0 spiro atoms. The zero-order chi connectivity index (χ0) is 31.8. The van der Waals surface area contributed by atoms with Crippen LogP contribution in [0.1, 0.15) is 166 Å². The molecule has 0 bridgehead atoms. The first-order chi connectivity index (χ1) is 20.6. The Morgan fingerprint density at radius 3 is 0.977 bits per heavy atom. The average molecular weight is 597 g/mol. The predicted molar refractivity (Wildman–Crippen MR) is 183 cm³/mol. The van der Waals surface area contributed by atoms with Crippen LogP contribution < -0.4 is 9.47 Å². The van der Waals surface area contributed by atoms with Crippen LogP contribution in [0, 0.1) is 0 Å². The Morgan fingerprint density at radius 1 is 0.512 bits per heavy atom. The van der Waals surface area contributed by atoms with E-state index in [1.54, 1.807) is 13.8 Å². The van der Waals surface area contributed by atoms with E-state index in [1.807, 2.05) is 0 Å². The molecule has 0 aliphatic carbocycles. The van der Waals surface area contributed by atoms with Crippen molar-refractivity contribution in [2.24, 2.45) is 0 Å². The minimum absolute atomic E-state index is 0.245. The van der Waals surface area contributed by atoms with Gasteiger partial charge in [-0.25, -0.2) is 0 Å². The van der Waals surface area contributed by atoms with Crippen LogP contribution in [0.3, 0.4) is 0 Å². The zero-order valence-corrected chi connectivity index (χ0v) is 29.0. The van der Waals surface area contributed by atoms with Crippen molar-refractivity contribution in [2.75, 3.05) is 0 Å². The van der Waals surface area contributed by atoms with Crippen LogP contribution in [-0.4, -0.2) is 22.8 Å². The number of rotatable bonds is 22. The maximum absolute atomic E-state index is 10.3. The first-order valence-electron chi connectivity index (χ1n) is 17.6. The molecular formula is C39H64O4. The van der Waals surface area contributed by atoms with E-state index in [0.29, 0.717) is 0 Å². The van der Waals surface area contributed by atoms with Crippen molar-refractivity contribution in [2.45, 2.75) is 176 Å². The molecular weight excluding hydrogens is 532 g/mol. The number of aryl methyl sites for hydroxylation is 4. The van der Waals surface area contributed by atoms with Crippen LogP contribution >= 0.6 is 0 Å². The Labute approximate surface area is 264 Å². The summed E-state index contributed by atoms with van der Waals surface area (Å²) in [4.78, 5) is 0. The summed E-state index contributed by atoms with van der Waals surface area (Å²) in [6, 6.07) is 9.41. The summed E-state index contributed by atoms with van der Waals surface area (Å²) < 4.78 is 12.3. The maximum atomic E-state index is 10.3. The third-order valence-corrected chi connectivity index (χ3v) is 8.70. The van der Waals surface area contributed by atoms with Crippen LogP contribution in [0.25, 0.3) is 0 Å². The molecule has 0 aromatic heterocycles. The molecule has 2 rings (SSSR count). The van der Waals surface area contributed by atoms with Gasteiger partial charge in [0.05, 0.1) is 0 Å². The van der Waals surface area contributed by atoms with E-state index in [4.69, 9.17) is 9.47 Å². The molecule has 0 heterocycles. The molecule has 0 aliphatic rings. The Balaban J connectivity index is 2.74. The summed E-state index contributed by atoms with van der Waals surface area (Å²) in [5, 5.41) is 20.6. The van der Waals surface area contributed by atoms with Crippen molar-refractivity contribution in [3.63, 3.8) is 0 Å². The normalized spacial score (nSPS) is 13.3. The highest BCUT2D eigenvalue weighted by Crippen LogP contribution is 2.41.